The van der Waals surface area contributed by atoms with Gasteiger partial charge in [0.05, 0.1) is 34.8 Å². The second-order valence-electron chi connectivity index (χ2n) is 11.3. The average molecular weight is 633 g/mol. The number of nitrogens with one attached hydrogen (secondary N) is 1. The molecule has 0 bridgehead atoms. The van der Waals surface area contributed by atoms with Crippen molar-refractivity contribution >= 4 is 17.6 Å². The summed E-state index contributed by atoms with van der Waals surface area (Å²) in [6.45, 7) is 1.31. The number of carboxylic acid groups (broad SMARTS) is 1. The summed E-state index contributed by atoms with van der Waals surface area (Å²) in [5.74, 6) is -2.08. The fraction of sp³-hybridized carbons (Fsp3) is 0.324. The Balaban J connectivity index is 1.44. The molecule has 4 aromatic rings. The summed E-state index contributed by atoms with van der Waals surface area (Å²) in [4.78, 5) is 43.0. The van der Waals surface area contributed by atoms with Crippen molar-refractivity contribution in [3.8, 4) is 0 Å². The van der Waals surface area contributed by atoms with Gasteiger partial charge in [-0.2, -0.15) is 13.2 Å². The highest BCUT2D eigenvalue weighted by Crippen LogP contribution is 2.33. The molecule has 1 fully saturated rings. The molecule has 0 radical (unpaired) electrons. The number of amides is 1. The number of anilines is 1. The molecule has 5 rings (SSSR count). The van der Waals surface area contributed by atoms with Crippen molar-refractivity contribution in [1.29, 1.82) is 0 Å². The number of carbonyl (C=O) groups excluding carboxylic acids is 1. The van der Waals surface area contributed by atoms with Crippen molar-refractivity contribution in [2.75, 3.05) is 11.9 Å². The molecule has 1 amide bonds. The molecule has 3 aromatic heterocycles. The standard InChI is InChI=1S/C34H35F3N6O3/c35-34(36,37)25-17-24(33(45)46)18-29(19-25)41-32(44)23-43(22-28-11-5-8-16-40-28)31-13-2-1-12-30(31)42(20-26-9-3-6-14-38-26)21-27-10-4-7-15-39-27/h3-11,14-19,30-31H,1-2,12-13,20-23H2,(H,41,44)(H,45,46). The van der Waals surface area contributed by atoms with Crippen molar-refractivity contribution < 1.29 is 27.9 Å². The maximum absolute atomic E-state index is 13.5. The van der Waals surface area contributed by atoms with Crippen LogP contribution in [-0.4, -0.2) is 60.4 Å². The first-order valence-electron chi connectivity index (χ1n) is 15.1. The van der Waals surface area contributed by atoms with Gasteiger partial charge in [-0.3, -0.25) is 29.5 Å². The van der Waals surface area contributed by atoms with Crippen LogP contribution in [0.1, 0.15) is 58.7 Å². The van der Waals surface area contributed by atoms with E-state index < -0.39 is 29.2 Å². The highest BCUT2D eigenvalue weighted by Gasteiger charge is 2.36. The molecule has 1 aliphatic carbocycles. The third-order valence-electron chi connectivity index (χ3n) is 8.04. The highest BCUT2D eigenvalue weighted by atomic mass is 19.4. The maximum Gasteiger partial charge on any atom is 0.416 e. The monoisotopic (exact) mass is 632 g/mol. The Hall–Kier alpha value is -4.68. The van der Waals surface area contributed by atoms with E-state index in [1.54, 1.807) is 24.7 Å². The van der Waals surface area contributed by atoms with Gasteiger partial charge >= 0.3 is 12.1 Å². The van der Waals surface area contributed by atoms with Gasteiger partial charge in [-0.05, 0) is 67.4 Å². The highest BCUT2D eigenvalue weighted by molar-refractivity contribution is 5.95. The molecule has 46 heavy (non-hydrogen) atoms. The Bertz CT molecular complexity index is 1550. The number of nitrogens with zero attached hydrogens (tertiary/aromatic N) is 5. The molecule has 1 aliphatic rings. The van der Waals surface area contributed by atoms with E-state index in [4.69, 9.17) is 0 Å². The first-order valence-corrected chi connectivity index (χ1v) is 15.1. The van der Waals surface area contributed by atoms with Gasteiger partial charge in [0, 0.05) is 56.0 Å². The van der Waals surface area contributed by atoms with E-state index >= 15 is 0 Å². The third-order valence-corrected chi connectivity index (χ3v) is 8.04. The lowest BCUT2D eigenvalue weighted by Gasteiger charge is -2.45. The molecule has 9 nitrogen and oxygen atoms in total. The molecule has 12 heteroatoms. The Morgan fingerprint density at radius 1 is 0.761 bits per heavy atom. The number of pyridine rings is 3. The molecular formula is C34H35F3N6O3. The van der Waals surface area contributed by atoms with Gasteiger partial charge in [-0.1, -0.05) is 31.0 Å². The van der Waals surface area contributed by atoms with E-state index in [0.717, 1.165) is 54.9 Å². The predicted octanol–water partition coefficient (Wildman–Crippen LogP) is 6.04. The van der Waals surface area contributed by atoms with Crippen LogP contribution in [-0.2, 0) is 30.6 Å². The number of hydrogen-bond donors (Lipinski definition) is 2. The summed E-state index contributed by atoms with van der Waals surface area (Å²) in [5, 5.41) is 11.9. The number of aromatic carboxylic acids is 1. The normalized spacial score (nSPS) is 16.8. The molecule has 0 aliphatic heterocycles. The number of hydrogen-bond acceptors (Lipinski definition) is 7. The van der Waals surface area contributed by atoms with Gasteiger partial charge in [0.25, 0.3) is 0 Å². The lowest BCUT2D eigenvalue weighted by Crippen LogP contribution is -2.54. The van der Waals surface area contributed by atoms with Crippen molar-refractivity contribution in [3.63, 3.8) is 0 Å². The number of halogens is 3. The van der Waals surface area contributed by atoms with E-state index in [9.17, 15) is 27.9 Å². The van der Waals surface area contributed by atoms with Crippen molar-refractivity contribution in [3.05, 3.63) is 120 Å². The van der Waals surface area contributed by atoms with E-state index in [-0.39, 0.29) is 24.3 Å². The lowest BCUT2D eigenvalue weighted by atomic mass is 9.87. The van der Waals surface area contributed by atoms with Crippen molar-refractivity contribution in [2.24, 2.45) is 0 Å². The smallest absolute Gasteiger partial charge is 0.416 e. The molecule has 0 spiro atoms. The molecular weight excluding hydrogens is 597 g/mol. The summed E-state index contributed by atoms with van der Waals surface area (Å²) in [6.07, 6.45) is 4.00. The van der Waals surface area contributed by atoms with Crippen LogP contribution >= 0.6 is 0 Å². The molecule has 0 saturated heterocycles. The zero-order valence-corrected chi connectivity index (χ0v) is 25.1. The zero-order chi connectivity index (χ0) is 32.5. The lowest BCUT2D eigenvalue weighted by molar-refractivity contribution is -0.137. The molecule has 2 N–H and O–H groups in total. The minimum atomic E-state index is -4.78. The van der Waals surface area contributed by atoms with Gasteiger partial charge in [0.2, 0.25) is 5.91 Å². The fourth-order valence-corrected chi connectivity index (χ4v) is 6.00. The minimum Gasteiger partial charge on any atom is -0.478 e. The van der Waals surface area contributed by atoms with Crippen LogP contribution in [0.3, 0.4) is 0 Å². The van der Waals surface area contributed by atoms with E-state index in [2.05, 4.69) is 25.2 Å². The maximum atomic E-state index is 13.5. The van der Waals surface area contributed by atoms with Crippen LogP contribution in [0.2, 0.25) is 0 Å². The quantitative estimate of drug-likeness (QED) is 0.195. The van der Waals surface area contributed by atoms with Crippen LogP contribution in [0.4, 0.5) is 18.9 Å². The molecule has 240 valence electrons. The Morgan fingerprint density at radius 2 is 1.26 bits per heavy atom. The molecule has 2 atom stereocenters. The van der Waals surface area contributed by atoms with E-state index in [0.29, 0.717) is 25.7 Å². The Kier molecular flexibility index (Phi) is 10.7. The van der Waals surface area contributed by atoms with E-state index in [1.807, 2.05) is 53.4 Å². The number of carboxylic acids is 1. The Morgan fingerprint density at radius 3 is 1.72 bits per heavy atom. The number of alkyl halides is 3. The fourth-order valence-electron chi connectivity index (χ4n) is 6.00. The van der Waals surface area contributed by atoms with E-state index in [1.165, 1.54) is 0 Å². The molecule has 2 unspecified atom stereocenters. The van der Waals surface area contributed by atoms with Gasteiger partial charge in [0.15, 0.2) is 0 Å². The minimum absolute atomic E-state index is 0.00134. The third kappa shape index (κ3) is 8.95. The SMILES string of the molecule is O=C(CN(Cc1ccccn1)C1CCCCC1N(Cc1ccccn1)Cc1ccccn1)Nc1cc(C(=O)O)cc(C(F)(F)F)c1. The second-order valence-corrected chi connectivity index (χ2v) is 11.3. The van der Waals surface area contributed by atoms with Crippen molar-refractivity contribution in [1.82, 2.24) is 24.8 Å². The van der Waals surface area contributed by atoms with Crippen LogP contribution < -0.4 is 5.32 Å². The summed E-state index contributed by atoms with van der Waals surface area (Å²) in [7, 11) is 0. The summed E-state index contributed by atoms with van der Waals surface area (Å²) in [5.41, 5.74) is 0.587. The average Bonchev–Trinajstić information content (AvgIpc) is 3.05. The second kappa shape index (κ2) is 15.1. The first kappa shape index (κ1) is 32.7. The first-order chi connectivity index (χ1) is 22.2. The summed E-state index contributed by atoms with van der Waals surface area (Å²) >= 11 is 0. The Labute approximate surface area is 265 Å². The van der Waals surface area contributed by atoms with Gasteiger partial charge in [0.1, 0.15) is 0 Å². The summed E-state index contributed by atoms with van der Waals surface area (Å²) in [6, 6.07) is 19.3. The van der Waals surface area contributed by atoms with Gasteiger partial charge in [-0.15, -0.1) is 0 Å². The molecule has 3 heterocycles. The number of benzene rings is 1. The van der Waals surface area contributed by atoms with Gasteiger partial charge < -0.3 is 10.4 Å². The molecule has 1 saturated carbocycles. The van der Waals surface area contributed by atoms with Crippen LogP contribution in [0.5, 0.6) is 0 Å². The largest absolute Gasteiger partial charge is 0.478 e. The summed E-state index contributed by atoms with van der Waals surface area (Å²) < 4.78 is 40.6. The van der Waals surface area contributed by atoms with Crippen LogP contribution in [0.25, 0.3) is 0 Å². The zero-order valence-electron chi connectivity index (χ0n) is 25.1. The van der Waals surface area contributed by atoms with Crippen molar-refractivity contribution in [2.45, 2.75) is 63.6 Å². The van der Waals surface area contributed by atoms with Gasteiger partial charge in [-0.25, -0.2) is 4.79 Å². The number of aromatic nitrogens is 3. The van der Waals surface area contributed by atoms with Crippen LogP contribution in [0, 0.1) is 0 Å². The number of carbonyl (C=O) groups is 2. The van der Waals surface area contributed by atoms with Crippen LogP contribution in [0.15, 0.2) is 91.4 Å². The predicted molar refractivity (Wildman–Crippen MR) is 165 cm³/mol. The number of rotatable bonds is 12. The molecule has 1 aromatic carbocycles. The topological polar surface area (TPSA) is 112 Å².